The van der Waals surface area contributed by atoms with Crippen molar-refractivity contribution < 1.29 is 9.53 Å². The van der Waals surface area contributed by atoms with E-state index in [0.717, 1.165) is 12.8 Å². The van der Waals surface area contributed by atoms with Gasteiger partial charge >= 0.3 is 0 Å². The molecule has 1 amide bonds. The summed E-state index contributed by atoms with van der Waals surface area (Å²) in [4.78, 5) is 13.1. The third-order valence-electron chi connectivity index (χ3n) is 5.64. The molecular formula is C21H24ClNO2. The Labute approximate surface area is 154 Å². The molecule has 2 aromatic carbocycles. The van der Waals surface area contributed by atoms with Gasteiger partial charge in [-0.1, -0.05) is 55.8 Å². The molecule has 1 aliphatic rings. The monoisotopic (exact) mass is 357 g/mol. The van der Waals surface area contributed by atoms with Crippen molar-refractivity contribution in [1.82, 2.24) is 0 Å². The van der Waals surface area contributed by atoms with Crippen LogP contribution in [-0.4, -0.2) is 13.0 Å². The minimum Gasteiger partial charge on any atom is -0.495 e. The van der Waals surface area contributed by atoms with Crippen LogP contribution in [0.4, 0.5) is 5.69 Å². The van der Waals surface area contributed by atoms with Crippen molar-refractivity contribution in [2.45, 2.75) is 32.6 Å². The maximum Gasteiger partial charge on any atom is 0.228 e. The van der Waals surface area contributed by atoms with Crippen molar-refractivity contribution in [3.63, 3.8) is 0 Å². The number of benzene rings is 2. The van der Waals surface area contributed by atoms with Crippen molar-refractivity contribution in [2.24, 2.45) is 11.3 Å². The van der Waals surface area contributed by atoms with Crippen LogP contribution in [0.25, 0.3) is 0 Å². The molecule has 1 fully saturated rings. The van der Waals surface area contributed by atoms with Crippen LogP contribution < -0.4 is 10.1 Å². The van der Waals surface area contributed by atoms with Crippen LogP contribution in [0.3, 0.4) is 0 Å². The Bertz CT molecular complexity index is 756. The quantitative estimate of drug-likeness (QED) is 0.740. The number of halogens is 1. The zero-order valence-corrected chi connectivity index (χ0v) is 15.6. The number of anilines is 1. The molecule has 1 aliphatic carbocycles. The van der Waals surface area contributed by atoms with Crippen molar-refractivity contribution in [3.05, 3.63) is 59.1 Å². The van der Waals surface area contributed by atoms with Crippen molar-refractivity contribution >= 4 is 23.2 Å². The first-order valence-corrected chi connectivity index (χ1v) is 9.14. The van der Waals surface area contributed by atoms with Gasteiger partial charge in [0.1, 0.15) is 5.75 Å². The van der Waals surface area contributed by atoms with Gasteiger partial charge in [-0.05, 0) is 42.0 Å². The Morgan fingerprint density at radius 2 is 1.84 bits per heavy atom. The Morgan fingerprint density at radius 3 is 2.44 bits per heavy atom. The molecule has 0 radical (unpaired) electrons. The summed E-state index contributed by atoms with van der Waals surface area (Å²) < 4.78 is 5.34. The lowest BCUT2D eigenvalue weighted by atomic mass is 9.93. The number of rotatable bonds is 6. The maximum absolute atomic E-state index is 13.1. The predicted octanol–water partition coefficient (Wildman–Crippen LogP) is 5.51. The smallest absolute Gasteiger partial charge is 0.228 e. The normalized spacial score (nSPS) is 20.8. The van der Waals surface area contributed by atoms with E-state index in [2.05, 4.69) is 31.3 Å². The van der Waals surface area contributed by atoms with Crippen molar-refractivity contribution in [2.75, 3.05) is 12.4 Å². The summed E-state index contributed by atoms with van der Waals surface area (Å²) in [6.07, 6.45) is 1.96. The van der Waals surface area contributed by atoms with E-state index in [-0.39, 0.29) is 23.2 Å². The van der Waals surface area contributed by atoms with Gasteiger partial charge in [0.05, 0.1) is 18.7 Å². The summed E-state index contributed by atoms with van der Waals surface area (Å²) in [6, 6.07) is 15.6. The molecule has 2 atom stereocenters. The van der Waals surface area contributed by atoms with Crippen LogP contribution in [0, 0.1) is 11.3 Å². The minimum atomic E-state index is -0.0337. The summed E-state index contributed by atoms with van der Waals surface area (Å²) in [5.74, 6) is 0.883. The predicted molar refractivity (Wildman–Crippen MR) is 102 cm³/mol. The van der Waals surface area contributed by atoms with Crippen LogP contribution in [0.15, 0.2) is 48.5 Å². The number of nitrogens with one attached hydrogen (secondary N) is 1. The second-order valence-electron chi connectivity index (χ2n) is 6.64. The van der Waals surface area contributed by atoms with Crippen LogP contribution >= 0.6 is 11.6 Å². The molecule has 132 valence electrons. The van der Waals surface area contributed by atoms with Crippen LogP contribution in [0.5, 0.6) is 5.75 Å². The summed E-state index contributed by atoms with van der Waals surface area (Å²) in [7, 11) is 1.59. The first-order valence-electron chi connectivity index (χ1n) is 8.76. The van der Waals surface area contributed by atoms with Crippen molar-refractivity contribution in [3.8, 4) is 5.75 Å². The van der Waals surface area contributed by atoms with Gasteiger partial charge in [0.25, 0.3) is 0 Å². The topological polar surface area (TPSA) is 38.3 Å². The van der Waals surface area contributed by atoms with Gasteiger partial charge in [0.15, 0.2) is 0 Å². The van der Waals surface area contributed by atoms with Crippen LogP contribution in [0.2, 0.25) is 5.02 Å². The van der Waals surface area contributed by atoms with E-state index in [1.165, 1.54) is 5.56 Å². The standard InChI is InChI=1S/C21H24ClNO2/c1-4-21(5-2)18(14-9-7-6-8-10-14)19(21)20(24)23-16-13-15(22)11-12-17(16)25-3/h6-13,18-19H,4-5H2,1-3H3,(H,23,24)/t18-,19+/m0/s1. The summed E-state index contributed by atoms with van der Waals surface area (Å²) in [5.41, 5.74) is 1.89. The molecule has 1 N–H and O–H groups in total. The van der Waals surface area contributed by atoms with E-state index in [9.17, 15) is 4.79 Å². The van der Waals surface area contributed by atoms with Crippen LogP contribution in [0.1, 0.15) is 38.2 Å². The second-order valence-corrected chi connectivity index (χ2v) is 7.08. The van der Waals surface area contributed by atoms with E-state index in [4.69, 9.17) is 16.3 Å². The molecule has 3 rings (SSSR count). The fourth-order valence-electron chi connectivity index (χ4n) is 4.21. The Kier molecular flexibility index (Phi) is 5.05. The lowest BCUT2D eigenvalue weighted by molar-refractivity contribution is -0.118. The van der Waals surface area contributed by atoms with E-state index in [1.807, 2.05) is 18.2 Å². The number of carbonyl (C=O) groups is 1. The molecule has 2 aromatic rings. The molecule has 0 heterocycles. The van der Waals surface area contributed by atoms with Gasteiger partial charge in [-0.15, -0.1) is 0 Å². The number of amides is 1. The first-order chi connectivity index (χ1) is 12.1. The molecular weight excluding hydrogens is 334 g/mol. The van der Waals surface area contributed by atoms with Gasteiger partial charge in [-0.3, -0.25) is 4.79 Å². The number of methoxy groups -OCH3 is 1. The summed E-state index contributed by atoms with van der Waals surface area (Å²) in [6.45, 7) is 4.35. The van der Waals surface area contributed by atoms with Crippen LogP contribution in [-0.2, 0) is 4.79 Å². The zero-order chi connectivity index (χ0) is 18.0. The highest BCUT2D eigenvalue weighted by atomic mass is 35.5. The summed E-state index contributed by atoms with van der Waals surface area (Å²) >= 11 is 6.08. The van der Waals surface area contributed by atoms with E-state index >= 15 is 0 Å². The first kappa shape index (κ1) is 17.8. The number of hydrogen-bond donors (Lipinski definition) is 1. The molecule has 25 heavy (non-hydrogen) atoms. The number of ether oxygens (including phenoxy) is 1. The van der Waals surface area contributed by atoms with Gasteiger partial charge in [0.2, 0.25) is 5.91 Å². The van der Waals surface area contributed by atoms with Gasteiger partial charge in [-0.25, -0.2) is 0 Å². The number of carbonyl (C=O) groups excluding carboxylic acids is 1. The molecule has 3 nitrogen and oxygen atoms in total. The molecule has 0 spiro atoms. The lowest BCUT2D eigenvalue weighted by Crippen LogP contribution is -2.18. The van der Waals surface area contributed by atoms with E-state index < -0.39 is 0 Å². The molecule has 0 unspecified atom stereocenters. The molecule has 0 saturated heterocycles. The minimum absolute atomic E-state index is 0.0250. The fraction of sp³-hybridized carbons (Fsp3) is 0.381. The van der Waals surface area contributed by atoms with E-state index in [0.29, 0.717) is 16.5 Å². The maximum atomic E-state index is 13.1. The molecule has 1 saturated carbocycles. The SMILES string of the molecule is CCC1(CC)[C@@H](C(=O)Nc2cc(Cl)ccc2OC)[C@@H]1c1ccccc1. The largest absolute Gasteiger partial charge is 0.495 e. The Hall–Kier alpha value is -2.00. The number of hydrogen-bond acceptors (Lipinski definition) is 2. The molecule has 4 heteroatoms. The van der Waals surface area contributed by atoms with Crippen molar-refractivity contribution in [1.29, 1.82) is 0 Å². The Balaban J connectivity index is 1.87. The van der Waals surface area contributed by atoms with Gasteiger partial charge in [0, 0.05) is 10.9 Å². The van der Waals surface area contributed by atoms with Gasteiger partial charge in [-0.2, -0.15) is 0 Å². The highest BCUT2D eigenvalue weighted by Crippen LogP contribution is 2.69. The molecule has 0 bridgehead atoms. The zero-order valence-electron chi connectivity index (χ0n) is 14.9. The third kappa shape index (κ3) is 3.13. The third-order valence-corrected chi connectivity index (χ3v) is 5.88. The second kappa shape index (κ2) is 7.09. The average Bonchev–Trinajstić information content (AvgIpc) is 3.32. The highest BCUT2D eigenvalue weighted by Gasteiger charge is 2.65. The fourth-order valence-corrected chi connectivity index (χ4v) is 4.38. The molecule has 0 aromatic heterocycles. The Morgan fingerprint density at radius 1 is 1.16 bits per heavy atom. The van der Waals surface area contributed by atoms with Gasteiger partial charge < -0.3 is 10.1 Å². The van der Waals surface area contributed by atoms with E-state index in [1.54, 1.807) is 25.3 Å². The lowest BCUT2D eigenvalue weighted by Gasteiger charge is -2.14. The highest BCUT2D eigenvalue weighted by molar-refractivity contribution is 6.31. The summed E-state index contributed by atoms with van der Waals surface area (Å²) in [5, 5.41) is 3.61. The average molecular weight is 358 g/mol. The molecule has 0 aliphatic heterocycles.